The minimum atomic E-state index is -0.482. The summed E-state index contributed by atoms with van der Waals surface area (Å²) < 4.78 is 10.4. The summed E-state index contributed by atoms with van der Waals surface area (Å²) in [5.41, 5.74) is 3.42. The second-order valence-corrected chi connectivity index (χ2v) is 4.29. The van der Waals surface area contributed by atoms with Gasteiger partial charge in [-0.2, -0.15) is 0 Å². The van der Waals surface area contributed by atoms with Crippen LogP contribution in [0.15, 0.2) is 40.9 Å². The first-order valence-corrected chi connectivity index (χ1v) is 6.38. The molecule has 0 aliphatic carbocycles. The number of nitrogen functional groups attached to an aromatic ring is 1. The summed E-state index contributed by atoms with van der Waals surface area (Å²) in [6, 6.07) is 11.7. The molecular weight excluding hydrogens is 258 g/mol. The van der Waals surface area contributed by atoms with Crippen LogP contribution in [-0.2, 0) is 17.8 Å². The van der Waals surface area contributed by atoms with Crippen molar-refractivity contribution < 1.29 is 14.1 Å². The number of nitrogens with one attached hydrogen (secondary N) is 1. The standard InChI is InChI=1S/C14H17N3O3/c15-16-14(18)13-9-12(20-17-13)10-19-8-4-7-11-5-2-1-3-6-11/h1-3,5-6,9H,4,7-8,10,15H2,(H,16,18). The molecule has 1 aromatic heterocycles. The van der Waals surface area contributed by atoms with Gasteiger partial charge in [0, 0.05) is 12.7 Å². The highest BCUT2D eigenvalue weighted by Crippen LogP contribution is 2.06. The summed E-state index contributed by atoms with van der Waals surface area (Å²) in [6.07, 6.45) is 1.90. The highest BCUT2D eigenvalue weighted by atomic mass is 16.5. The molecule has 0 saturated carbocycles. The van der Waals surface area contributed by atoms with Crippen LogP contribution in [-0.4, -0.2) is 17.7 Å². The lowest BCUT2D eigenvalue weighted by Gasteiger charge is -2.02. The molecule has 0 unspecified atom stereocenters. The van der Waals surface area contributed by atoms with E-state index in [0.717, 1.165) is 12.8 Å². The molecule has 0 radical (unpaired) electrons. The maximum Gasteiger partial charge on any atom is 0.287 e. The normalized spacial score (nSPS) is 10.4. The molecular formula is C14H17N3O3. The van der Waals surface area contributed by atoms with E-state index in [0.29, 0.717) is 19.0 Å². The SMILES string of the molecule is NNC(=O)c1cc(COCCCc2ccccc2)on1. The number of hydrazine groups is 1. The number of hydrogen-bond acceptors (Lipinski definition) is 5. The fourth-order valence-corrected chi connectivity index (χ4v) is 1.76. The van der Waals surface area contributed by atoms with E-state index in [9.17, 15) is 4.79 Å². The monoisotopic (exact) mass is 275 g/mol. The number of carbonyl (C=O) groups is 1. The zero-order chi connectivity index (χ0) is 14.2. The van der Waals surface area contributed by atoms with E-state index >= 15 is 0 Å². The number of ether oxygens (including phenoxy) is 1. The maximum atomic E-state index is 11.2. The van der Waals surface area contributed by atoms with Crippen LogP contribution in [0.5, 0.6) is 0 Å². The van der Waals surface area contributed by atoms with Crippen molar-refractivity contribution in [2.24, 2.45) is 5.84 Å². The summed E-state index contributed by atoms with van der Waals surface area (Å²) in [7, 11) is 0. The lowest BCUT2D eigenvalue weighted by molar-refractivity contribution is 0.0936. The number of nitrogens with zero attached hydrogens (tertiary/aromatic N) is 1. The molecule has 6 heteroatoms. The summed E-state index contributed by atoms with van der Waals surface area (Å²) >= 11 is 0. The van der Waals surface area contributed by atoms with Gasteiger partial charge in [-0.1, -0.05) is 35.5 Å². The molecule has 2 rings (SSSR count). The Kier molecular flexibility index (Phi) is 5.28. The number of hydrogen-bond donors (Lipinski definition) is 2. The summed E-state index contributed by atoms with van der Waals surface area (Å²) in [4.78, 5) is 11.2. The molecule has 0 fully saturated rings. The smallest absolute Gasteiger partial charge is 0.287 e. The van der Waals surface area contributed by atoms with E-state index in [-0.39, 0.29) is 5.69 Å². The second-order valence-electron chi connectivity index (χ2n) is 4.29. The topological polar surface area (TPSA) is 90.4 Å². The van der Waals surface area contributed by atoms with Crippen LogP contribution in [0.3, 0.4) is 0 Å². The van der Waals surface area contributed by atoms with Crippen molar-refractivity contribution in [2.45, 2.75) is 19.4 Å². The van der Waals surface area contributed by atoms with Gasteiger partial charge >= 0.3 is 0 Å². The molecule has 2 aromatic rings. The van der Waals surface area contributed by atoms with Crippen molar-refractivity contribution in [1.29, 1.82) is 0 Å². The van der Waals surface area contributed by atoms with E-state index in [1.165, 1.54) is 11.6 Å². The minimum absolute atomic E-state index is 0.149. The number of aryl methyl sites for hydroxylation is 1. The van der Waals surface area contributed by atoms with Gasteiger partial charge in [0.1, 0.15) is 6.61 Å². The van der Waals surface area contributed by atoms with Crippen molar-refractivity contribution in [1.82, 2.24) is 10.6 Å². The summed E-state index contributed by atoms with van der Waals surface area (Å²) in [5.74, 6) is 5.02. The van der Waals surface area contributed by atoms with Crippen LogP contribution in [0.2, 0.25) is 0 Å². The molecule has 0 aliphatic rings. The molecule has 106 valence electrons. The molecule has 0 bridgehead atoms. The van der Waals surface area contributed by atoms with Crippen LogP contribution in [0.1, 0.15) is 28.2 Å². The van der Waals surface area contributed by atoms with Crippen molar-refractivity contribution in [3.8, 4) is 0 Å². The van der Waals surface area contributed by atoms with Gasteiger partial charge in [0.05, 0.1) is 0 Å². The van der Waals surface area contributed by atoms with E-state index in [1.54, 1.807) is 0 Å². The molecule has 20 heavy (non-hydrogen) atoms. The molecule has 0 spiro atoms. The number of benzene rings is 1. The van der Waals surface area contributed by atoms with E-state index in [4.69, 9.17) is 15.1 Å². The van der Waals surface area contributed by atoms with Crippen LogP contribution in [0.25, 0.3) is 0 Å². The Labute approximate surface area is 116 Å². The van der Waals surface area contributed by atoms with Gasteiger partial charge in [-0.3, -0.25) is 10.2 Å². The fraction of sp³-hybridized carbons (Fsp3) is 0.286. The highest BCUT2D eigenvalue weighted by Gasteiger charge is 2.10. The predicted molar refractivity (Wildman–Crippen MR) is 72.6 cm³/mol. The first-order chi connectivity index (χ1) is 9.79. The average molecular weight is 275 g/mol. The number of amides is 1. The van der Waals surface area contributed by atoms with Gasteiger partial charge in [-0.15, -0.1) is 0 Å². The lowest BCUT2D eigenvalue weighted by atomic mass is 10.1. The molecule has 1 aromatic carbocycles. The first-order valence-electron chi connectivity index (χ1n) is 6.38. The molecule has 6 nitrogen and oxygen atoms in total. The third kappa shape index (κ3) is 4.18. The van der Waals surface area contributed by atoms with Crippen molar-refractivity contribution in [3.63, 3.8) is 0 Å². The number of nitrogens with two attached hydrogens (primary N) is 1. The Balaban J connectivity index is 1.66. The quantitative estimate of drug-likeness (QED) is 0.345. The predicted octanol–water partition coefficient (Wildman–Crippen LogP) is 1.43. The highest BCUT2D eigenvalue weighted by molar-refractivity contribution is 5.91. The van der Waals surface area contributed by atoms with Crippen LogP contribution < -0.4 is 11.3 Å². The van der Waals surface area contributed by atoms with Crippen LogP contribution in [0.4, 0.5) is 0 Å². The Bertz CT molecular complexity index is 540. The Morgan fingerprint density at radius 2 is 2.15 bits per heavy atom. The van der Waals surface area contributed by atoms with E-state index < -0.39 is 5.91 Å². The Morgan fingerprint density at radius 3 is 2.90 bits per heavy atom. The van der Waals surface area contributed by atoms with Gasteiger partial charge in [0.15, 0.2) is 11.5 Å². The first kappa shape index (κ1) is 14.2. The van der Waals surface area contributed by atoms with Crippen molar-refractivity contribution >= 4 is 5.91 Å². The molecule has 1 amide bonds. The van der Waals surface area contributed by atoms with Gasteiger partial charge < -0.3 is 9.26 Å². The summed E-state index contributed by atoms with van der Waals surface area (Å²) in [5, 5.41) is 3.59. The number of aromatic nitrogens is 1. The minimum Gasteiger partial charge on any atom is -0.373 e. The molecule has 0 saturated heterocycles. The second kappa shape index (κ2) is 7.42. The third-order valence-corrected chi connectivity index (χ3v) is 2.76. The molecule has 0 atom stereocenters. The van der Waals surface area contributed by atoms with Gasteiger partial charge in [-0.25, -0.2) is 5.84 Å². The van der Waals surface area contributed by atoms with E-state index in [1.807, 2.05) is 23.6 Å². The Morgan fingerprint density at radius 1 is 1.35 bits per heavy atom. The Hall–Kier alpha value is -2.18. The fourth-order valence-electron chi connectivity index (χ4n) is 1.76. The van der Waals surface area contributed by atoms with Gasteiger partial charge in [0.2, 0.25) is 0 Å². The van der Waals surface area contributed by atoms with E-state index in [2.05, 4.69) is 17.3 Å². The van der Waals surface area contributed by atoms with Crippen LogP contribution >= 0.6 is 0 Å². The molecule has 3 N–H and O–H groups in total. The van der Waals surface area contributed by atoms with Crippen LogP contribution in [0, 0.1) is 0 Å². The zero-order valence-corrected chi connectivity index (χ0v) is 11.0. The third-order valence-electron chi connectivity index (χ3n) is 2.76. The number of rotatable bonds is 7. The summed E-state index contributed by atoms with van der Waals surface area (Å²) in [6.45, 7) is 0.910. The molecule has 1 heterocycles. The van der Waals surface area contributed by atoms with Gasteiger partial charge in [-0.05, 0) is 18.4 Å². The lowest BCUT2D eigenvalue weighted by Crippen LogP contribution is -2.30. The van der Waals surface area contributed by atoms with Gasteiger partial charge in [0.25, 0.3) is 5.91 Å². The average Bonchev–Trinajstić information content (AvgIpc) is 2.96. The maximum absolute atomic E-state index is 11.2. The zero-order valence-electron chi connectivity index (χ0n) is 11.0. The molecule has 0 aliphatic heterocycles. The largest absolute Gasteiger partial charge is 0.373 e. The van der Waals surface area contributed by atoms with Crippen molar-refractivity contribution in [3.05, 3.63) is 53.4 Å². The number of carbonyl (C=O) groups excluding carboxylic acids is 1. The van der Waals surface area contributed by atoms with Crippen molar-refractivity contribution in [2.75, 3.05) is 6.61 Å².